The van der Waals surface area contributed by atoms with Crippen molar-refractivity contribution in [2.75, 3.05) is 0 Å². The molecule has 0 radical (unpaired) electrons. The average molecular weight is 304 g/mol. The fourth-order valence-corrected chi connectivity index (χ4v) is 2.27. The van der Waals surface area contributed by atoms with Gasteiger partial charge < -0.3 is 0 Å². The molecule has 2 rings (SSSR count). The quantitative estimate of drug-likeness (QED) is 0.545. The molecule has 0 saturated carbocycles. The molecule has 0 saturated heterocycles. The summed E-state index contributed by atoms with van der Waals surface area (Å²) in [5, 5.41) is 0. The molecular formula is C23H28. The van der Waals surface area contributed by atoms with E-state index in [1.54, 1.807) is 0 Å². The number of hydrogen-bond acceptors (Lipinski definition) is 0. The summed E-state index contributed by atoms with van der Waals surface area (Å²) in [6.07, 6.45) is 6.14. The second-order valence-electron chi connectivity index (χ2n) is 5.77. The Morgan fingerprint density at radius 3 is 2.04 bits per heavy atom. The molecule has 0 aliphatic carbocycles. The van der Waals surface area contributed by atoms with Crippen LogP contribution in [0.3, 0.4) is 0 Å². The first-order chi connectivity index (χ1) is 11.0. The van der Waals surface area contributed by atoms with Crippen LogP contribution in [0.5, 0.6) is 0 Å². The van der Waals surface area contributed by atoms with Crippen molar-refractivity contribution in [2.24, 2.45) is 0 Å². The largest absolute Gasteiger partial charge is 0.0988 e. The Balaban J connectivity index is 0.000000313. The zero-order chi connectivity index (χ0) is 17.2. The van der Waals surface area contributed by atoms with Crippen molar-refractivity contribution in [2.45, 2.75) is 34.6 Å². The Morgan fingerprint density at radius 1 is 0.913 bits per heavy atom. The zero-order valence-electron chi connectivity index (χ0n) is 15.1. The Bertz CT molecular complexity index is 685. The van der Waals surface area contributed by atoms with Crippen LogP contribution in [0.4, 0.5) is 0 Å². The number of benzene rings is 2. The molecule has 0 nitrogen and oxygen atoms in total. The van der Waals surface area contributed by atoms with E-state index >= 15 is 0 Å². The maximum Gasteiger partial charge on any atom is -0.0150 e. The van der Waals surface area contributed by atoms with E-state index in [4.69, 9.17) is 0 Å². The Hall–Kier alpha value is -2.34. The van der Waals surface area contributed by atoms with E-state index in [1.165, 1.54) is 33.4 Å². The second-order valence-corrected chi connectivity index (χ2v) is 5.77. The summed E-state index contributed by atoms with van der Waals surface area (Å²) >= 11 is 0. The van der Waals surface area contributed by atoms with E-state index in [-0.39, 0.29) is 0 Å². The van der Waals surface area contributed by atoms with Gasteiger partial charge in [-0.25, -0.2) is 0 Å². The number of hydrogen-bond donors (Lipinski definition) is 0. The maximum absolute atomic E-state index is 3.85. The fraction of sp³-hybridized carbons (Fsp3) is 0.217. The van der Waals surface area contributed by atoms with E-state index in [2.05, 4.69) is 76.8 Å². The summed E-state index contributed by atoms with van der Waals surface area (Å²) < 4.78 is 0. The van der Waals surface area contributed by atoms with Crippen LogP contribution >= 0.6 is 0 Å². The second kappa shape index (κ2) is 9.63. The summed E-state index contributed by atoms with van der Waals surface area (Å²) in [6, 6.07) is 16.8. The lowest BCUT2D eigenvalue weighted by molar-refractivity contribution is 1.35. The average Bonchev–Trinajstić information content (AvgIpc) is 2.56. The number of rotatable bonds is 3. The first kappa shape index (κ1) is 18.7. The van der Waals surface area contributed by atoms with Gasteiger partial charge in [0.1, 0.15) is 0 Å². The maximum atomic E-state index is 3.85. The van der Waals surface area contributed by atoms with E-state index in [0.717, 1.165) is 0 Å². The highest BCUT2D eigenvalue weighted by molar-refractivity contribution is 5.79. The molecule has 0 aromatic heterocycles. The molecule has 0 N–H and O–H groups in total. The summed E-state index contributed by atoms with van der Waals surface area (Å²) in [7, 11) is 0. The Morgan fingerprint density at radius 2 is 1.57 bits per heavy atom. The molecule has 120 valence electrons. The molecule has 0 spiro atoms. The van der Waals surface area contributed by atoms with Crippen molar-refractivity contribution in [1.29, 1.82) is 0 Å². The molecule has 0 heteroatoms. The van der Waals surface area contributed by atoms with Gasteiger partial charge in [-0.1, -0.05) is 84.5 Å². The first-order valence-electron chi connectivity index (χ1n) is 8.04. The fourth-order valence-electron chi connectivity index (χ4n) is 2.27. The van der Waals surface area contributed by atoms with Crippen molar-refractivity contribution in [3.8, 4) is 0 Å². The minimum atomic E-state index is 1.21. The summed E-state index contributed by atoms with van der Waals surface area (Å²) in [5.41, 5.74) is 7.70. The topological polar surface area (TPSA) is 0 Å². The van der Waals surface area contributed by atoms with Crippen LogP contribution in [0, 0.1) is 20.8 Å². The molecule has 0 bridgehead atoms. The van der Waals surface area contributed by atoms with Gasteiger partial charge in [0.2, 0.25) is 0 Å². The smallest absolute Gasteiger partial charge is 0.0150 e. The van der Waals surface area contributed by atoms with Crippen LogP contribution in [0.15, 0.2) is 78.9 Å². The molecular weight excluding hydrogens is 276 g/mol. The number of allylic oxidation sites excluding steroid dienone is 5. The van der Waals surface area contributed by atoms with Crippen LogP contribution in [-0.4, -0.2) is 0 Å². The van der Waals surface area contributed by atoms with Gasteiger partial charge in [-0.15, -0.1) is 0 Å². The normalized spacial score (nSPS) is 11.5. The Labute approximate surface area is 141 Å². The van der Waals surface area contributed by atoms with E-state index in [0.29, 0.717) is 0 Å². The molecule has 0 atom stereocenters. The van der Waals surface area contributed by atoms with E-state index < -0.39 is 0 Å². The minimum Gasteiger partial charge on any atom is -0.0988 e. The monoisotopic (exact) mass is 304 g/mol. The van der Waals surface area contributed by atoms with Crippen molar-refractivity contribution in [3.63, 3.8) is 0 Å². The lowest BCUT2D eigenvalue weighted by Gasteiger charge is -2.10. The summed E-state index contributed by atoms with van der Waals surface area (Å²) in [4.78, 5) is 0. The van der Waals surface area contributed by atoms with E-state index in [9.17, 15) is 0 Å². The van der Waals surface area contributed by atoms with Gasteiger partial charge >= 0.3 is 0 Å². The third-order valence-corrected chi connectivity index (χ3v) is 3.69. The highest BCUT2D eigenvalue weighted by Gasteiger charge is 2.04. The van der Waals surface area contributed by atoms with Gasteiger partial charge in [0.25, 0.3) is 0 Å². The predicted octanol–water partition coefficient (Wildman–Crippen LogP) is 6.83. The third kappa shape index (κ3) is 6.12. The summed E-state index contributed by atoms with van der Waals surface area (Å²) in [6.45, 7) is 14.3. The molecule has 23 heavy (non-hydrogen) atoms. The van der Waals surface area contributed by atoms with Crippen LogP contribution in [-0.2, 0) is 0 Å². The lowest BCUT2D eigenvalue weighted by Crippen LogP contribution is -1.90. The van der Waals surface area contributed by atoms with Gasteiger partial charge in [-0.2, -0.15) is 0 Å². The third-order valence-electron chi connectivity index (χ3n) is 3.69. The predicted molar refractivity (Wildman–Crippen MR) is 105 cm³/mol. The van der Waals surface area contributed by atoms with Crippen LogP contribution < -0.4 is 0 Å². The SMILES string of the molecule is C=C/C(C)=C(\C=C/C)c1cc(C)ccc1C.Cc1ccccc1. The molecule has 0 unspecified atom stereocenters. The molecule has 2 aromatic carbocycles. The Kier molecular flexibility index (Phi) is 7.83. The molecule has 0 aliphatic rings. The van der Waals surface area contributed by atoms with Gasteiger partial charge in [0.15, 0.2) is 0 Å². The van der Waals surface area contributed by atoms with Crippen LogP contribution in [0.2, 0.25) is 0 Å². The van der Waals surface area contributed by atoms with Crippen molar-refractivity contribution >= 4 is 5.57 Å². The van der Waals surface area contributed by atoms with Gasteiger partial charge in [-0.3, -0.25) is 0 Å². The standard InChI is InChI=1S/C16H20.C7H8/c1-6-8-15(13(4)7-2)16-11-12(3)9-10-14(16)5;1-7-5-3-2-4-6-7/h6-11H,2H2,1,3-5H3;2-6H,1H3/b8-6-,15-13+;. The molecule has 2 aromatic rings. The van der Waals surface area contributed by atoms with Crippen molar-refractivity contribution in [3.05, 3.63) is 101 Å². The van der Waals surface area contributed by atoms with Crippen LogP contribution in [0.25, 0.3) is 5.57 Å². The van der Waals surface area contributed by atoms with Crippen molar-refractivity contribution < 1.29 is 0 Å². The van der Waals surface area contributed by atoms with E-state index in [1.807, 2.05) is 31.2 Å². The minimum absolute atomic E-state index is 1.21. The first-order valence-corrected chi connectivity index (χ1v) is 8.04. The van der Waals surface area contributed by atoms with Gasteiger partial charge in [0, 0.05) is 0 Å². The molecule has 0 fully saturated rings. The molecule has 0 heterocycles. The zero-order valence-corrected chi connectivity index (χ0v) is 15.1. The van der Waals surface area contributed by atoms with Gasteiger partial charge in [0.05, 0.1) is 0 Å². The highest BCUT2D eigenvalue weighted by Crippen LogP contribution is 2.25. The molecule has 0 aliphatic heterocycles. The number of aryl methyl sites for hydroxylation is 3. The lowest BCUT2D eigenvalue weighted by atomic mass is 9.94. The van der Waals surface area contributed by atoms with Gasteiger partial charge in [-0.05, 0) is 56.9 Å². The highest BCUT2D eigenvalue weighted by atomic mass is 14.1. The summed E-state index contributed by atoms with van der Waals surface area (Å²) in [5.74, 6) is 0. The van der Waals surface area contributed by atoms with Crippen molar-refractivity contribution in [1.82, 2.24) is 0 Å². The molecule has 0 amide bonds. The van der Waals surface area contributed by atoms with Crippen LogP contribution in [0.1, 0.15) is 36.1 Å².